The Balaban J connectivity index is 1.78. The predicted octanol–water partition coefficient (Wildman–Crippen LogP) is 4.25. The molecule has 1 aliphatic heterocycles. The zero-order valence-electron chi connectivity index (χ0n) is 12.7. The molecule has 5 nitrogen and oxygen atoms in total. The molecule has 0 bridgehead atoms. The summed E-state index contributed by atoms with van der Waals surface area (Å²) in [6.45, 7) is 2.11. The molecule has 0 spiro atoms. The number of thiocarbonyl (C=S) groups is 1. The van der Waals surface area contributed by atoms with Gasteiger partial charge in [-0.15, -0.1) is 0 Å². The van der Waals surface area contributed by atoms with Gasteiger partial charge in [0.2, 0.25) is 0 Å². The van der Waals surface area contributed by atoms with E-state index in [4.69, 9.17) is 21.4 Å². The maximum atomic E-state index is 11.6. The van der Waals surface area contributed by atoms with Crippen molar-refractivity contribution in [2.24, 2.45) is 0 Å². The summed E-state index contributed by atoms with van der Waals surface area (Å²) in [5.41, 5.74) is 1.33. The van der Waals surface area contributed by atoms with E-state index in [1.807, 2.05) is 6.07 Å². The minimum atomic E-state index is -0.349. The topological polar surface area (TPSA) is 68.5 Å². The molecular formula is C17H13NO4S2. The van der Waals surface area contributed by atoms with Crippen LogP contribution in [0.4, 0.5) is 4.79 Å². The molecule has 2 aromatic rings. The lowest BCUT2D eigenvalue weighted by Gasteiger charge is -2.02. The minimum absolute atomic E-state index is 0.187. The molecule has 1 N–H and O–H groups in total. The molecule has 1 fully saturated rings. The van der Waals surface area contributed by atoms with Crippen molar-refractivity contribution in [2.45, 2.75) is 6.92 Å². The van der Waals surface area contributed by atoms with Crippen molar-refractivity contribution in [3.8, 4) is 11.3 Å². The smallest absolute Gasteiger partial charge is 0.338 e. The highest BCUT2D eigenvalue weighted by molar-refractivity contribution is 8.19. The predicted molar refractivity (Wildman–Crippen MR) is 96.8 cm³/mol. The van der Waals surface area contributed by atoms with Gasteiger partial charge in [-0.3, -0.25) is 4.79 Å². The Bertz CT molecular complexity index is 837. The van der Waals surface area contributed by atoms with E-state index in [1.54, 1.807) is 43.3 Å². The second-order valence-electron chi connectivity index (χ2n) is 4.85. The van der Waals surface area contributed by atoms with Gasteiger partial charge in [-0.1, -0.05) is 24.4 Å². The van der Waals surface area contributed by atoms with Crippen LogP contribution in [0.25, 0.3) is 17.4 Å². The van der Waals surface area contributed by atoms with Crippen molar-refractivity contribution < 1.29 is 18.7 Å². The lowest BCUT2D eigenvalue weighted by molar-refractivity contribution is 0.0526. The fourth-order valence-corrected chi connectivity index (χ4v) is 3.13. The molecule has 1 amide bonds. The van der Waals surface area contributed by atoms with Crippen LogP contribution in [0, 0.1) is 0 Å². The molecule has 1 saturated heterocycles. The minimum Gasteiger partial charge on any atom is -0.462 e. The van der Waals surface area contributed by atoms with Crippen molar-refractivity contribution >= 4 is 46.3 Å². The first-order valence-electron chi connectivity index (χ1n) is 7.19. The van der Waals surface area contributed by atoms with Gasteiger partial charge in [0.25, 0.3) is 5.24 Å². The number of nitrogens with one attached hydrogen (secondary N) is 1. The first-order valence-corrected chi connectivity index (χ1v) is 8.41. The fraction of sp³-hybridized carbons (Fsp3) is 0.118. The first-order chi connectivity index (χ1) is 11.6. The fourth-order valence-electron chi connectivity index (χ4n) is 2.12. The van der Waals surface area contributed by atoms with E-state index in [0.29, 0.717) is 33.6 Å². The van der Waals surface area contributed by atoms with Gasteiger partial charge in [-0.25, -0.2) is 4.79 Å². The van der Waals surface area contributed by atoms with Gasteiger partial charge in [-0.05, 0) is 49.0 Å². The Hall–Kier alpha value is -2.38. The summed E-state index contributed by atoms with van der Waals surface area (Å²) < 4.78 is 10.7. The summed E-state index contributed by atoms with van der Waals surface area (Å²) in [4.78, 5) is 24.0. The Morgan fingerprint density at radius 1 is 1.29 bits per heavy atom. The monoisotopic (exact) mass is 359 g/mol. The highest BCUT2D eigenvalue weighted by atomic mass is 32.2. The summed E-state index contributed by atoms with van der Waals surface area (Å²) >= 11 is 6.11. The lowest BCUT2D eigenvalue weighted by Crippen LogP contribution is -2.15. The summed E-state index contributed by atoms with van der Waals surface area (Å²) in [6, 6.07) is 10.6. The van der Waals surface area contributed by atoms with Crippen molar-refractivity contribution in [2.75, 3.05) is 6.61 Å². The summed E-state index contributed by atoms with van der Waals surface area (Å²) in [5.74, 6) is 0.907. The van der Waals surface area contributed by atoms with E-state index < -0.39 is 0 Å². The van der Waals surface area contributed by atoms with Gasteiger partial charge in [0.05, 0.1) is 17.1 Å². The lowest BCUT2D eigenvalue weighted by atomic mass is 10.1. The van der Waals surface area contributed by atoms with Crippen LogP contribution in [0.3, 0.4) is 0 Å². The molecule has 122 valence electrons. The van der Waals surface area contributed by atoms with E-state index in [0.717, 1.165) is 17.3 Å². The average Bonchev–Trinajstić information content (AvgIpc) is 3.15. The maximum absolute atomic E-state index is 11.6. The molecule has 2 heterocycles. The number of hydrogen-bond donors (Lipinski definition) is 1. The van der Waals surface area contributed by atoms with Crippen molar-refractivity contribution in [3.63, 3.8) is 0 Å². The molecule has 7 heteroatoms. The number of carbonyl (C=O) groups is 2. The number of ether oxygens (including phenoxy) is 1. The molecule has 0 atom stereocenters. The van der Waals surface area contributed by atoms with Gasteiger partial charge in [-0.2, -0.15) is 0 Å². The molecule has 1 aromatic heterocycles. The van der Waals surface area contributed by atoms with Crippen LogP contribution in [0.15, 0.2) is 45.7 Å². The molecule has 0 saturated carbocycles. The zero-order chi connectivity index (χ0) is 17.1. The van der Waals surface area contributed by atoms with Crippen LogP contribution in [-0.4, -0.2) is 22.8 Å². The number of carbonyl (C=O) groups excluding carboxylic acids is 2. The van der Waals surface area contributed by atoms with Crippen molar-refractivity contribution in [1.82, 2.24) is 5.32 Å². The molecule has 0 unspecified atom stereocenters. The van der Waals surface area contributed by atoms with Gasteiger partial charge in [0.1, 0.15) is 16.5 Å². The zero-order valence-corrected chi connectivity index (χ0v) is 14.3. The second kappa shape index (κ2) is 7.02. The van der Waals surface area contributed by atoms with E-state index in [-0.39, 0.29) is 11.2 Å². The van der Waals surface area contributed by atoms with E-state index in [9.17, 15) is 9.59 Å². The van der Waals surface area contributed by atoms with Gasteiger partial charge in [0.15, 0.2) is 0 Å². The highest BCUT2D eigenvalue weighted by Crippen LogP contribution is 2.29. The number of rotatable bonds is 4. The maximum Gasteiger partial charge on any atom is 0.338 e. The van der Waals surface area contributed by atoms with E-state index in [2.05, 4.69) is 5.32 Å². The van der Waals surface area contributed by atoms with Crippen LogP contribution in [0.2, 0.25) is 0 Å². The third-order valence-electron chi connectivity index (χ3n) is 3.22. The van der Waals surface area contributed by atoms with Gasteiger partial charge < -0.3 is 14.5 Å². The van der Waals surface area contributed by atoms with Crippen molar-refractivity contribution in [3.05, 3.63) is 52.6 Å². The number of thioether (sulfide) groups is 1. The molecular weight excluding hydrogens is 346 g/mol. The molecule has 0 aliphatic carbocycles. The largest absolute Gasteiger partial charge is 0.462 e. The summed E-state index contributed by atoms with van der Waals surface area (Å²) in [7, 11) is 0. The molecule has 3 rings (SSSR count). The SMILES string of the molecule is CCOC(=O)c1ccc(-c2ccc(C=C3SC(=O)NC3=S)o2)cc1. The Labute approximate surface area is 148 Å². The third kappa shape index (κ3) is 3.58. The highest BCUT2D eigenvalue weighted by Gasteiger charge is 2.22. The number of furan rings is 1. The number of hydrogen-bond acceptors (Lipinski definition) is 6. The van der Waals surface area contributed by atoms with Crippen LogP contribution in [0.1, 0.15) is 23.0 Å². The Morgan fingerprint density at radius 3 is 2.67 bits per heavy atom. The quantitative estimate of drug-likeness (QED) is 0.500. The number of amides is 1. The van der Waals surface area contributed by atoms with Crippen LogP contribution >= 0.6 is 24.0 Å². The third-order valence-corrected chi connectivity index (χ3v) is 4.50. The standard InChI is InChI=1S/C17H13NO4S2/c1-2-21-16(19)11-5-3-10(4-6-11)13-8-7-12(22-13)9-14-15(23)18-17(20)24-14/h3-9H,2H2,1H3,(H,18,20,23). The van der Waals surface area contributed by atoms with Crippen LogP contribution in [0.5, 0.6) is 0 Å². The van der Waals surface area contributed by atoms with E-state index >= 15 is 0 Å². The van der Waals surface area contributed by atoms with Crippen LogP contribution in [-0.2, 0) is 4.74 Å². The second-order valence-corrected chi connectivity index (χ2v) is 6.28. The summed E-state index contributed by atoms with van der Waals surface area (Å²) in [5, 5.41) is 2.37. The van der Waals surface area contributed by atoms with Crippen LogP contribution < -0.4 is 5.32 Å². The molecule has 1 aromatic carbocycles. The van der Waals surface area contributed by atoms with Crippen molar-refractivity contribution in [1.29, 1.82) is 0 Å². The van der Waals surface area contributed by atoms with Gasteiger partial charge in [0, 0.05) is 5.56 Å². The first kappa shape index (κ1) is 16.5. The summed E-state index contributed by atoms with van der Waals surface area (Å²) in [6.07, 6.45) is 1.72. The number of esters is 1. The Morgan fingerprint density at radius 2 is 2.04 bits per heavy atom. The molecule has 1 aliphatic rings. The van der Waals surface area contributed by atoms with Gasteiger partial charge >= 0.3 is 5.97 Å². The average molecular weight is 359 g/mol. The normalized spacial score (nSPS) is 15.6. The number of benzene rings is 1. The molecule has 24 heavy (non-hydrogen) atoms. The Kier molecular flexibility index (Phi) is 4.82. The molecule has 0 radical (unpaired) electrons. The van der Waals surface area contributed by atoms with E-state index in [1.165, 1.54) is 0 Å².